The highest BCUT2D eigenvalue weighted by atomic mass is 32.1. The summed E-state index contributed by atoms with van der Waals surface area (Å²) in [5.74, 6) is 1.65. The summed E-state index contributed by atoms with van der Waals surface area (Å²) in [6.45, 7) is 2.66. The molecule has 0 atom stereocenters. The van der Waals surface area contributed by atoms with Crippen LogP contribution in [0.2, 0.25) is 0 Å². The molecule has 0 amide bonds. The maximum absolute atomic E-state index is 4.78. The summed E-state index contributed by atoms with van der Waals surface area (Å²) < 4.78 is 4.78. The van der Waals surface area contributed by atoms with Crippen molar-refractivity contribution in [2.24, 2.45) is 0 Å². The number of rotatable bonds is 4. The lowest BCUT2D eigenvalue weighted by Crippen LogP contribution is -2.32. The van der Waals surface area contributed by atoms with Crippen LogP contribution in [0.15, 0.2) is 16.2 Å². The molecule has 0 N–H and O–H groups in total. The van der Waals surface area contributed by atoms with Crippen LogP contribution in [-0.2, 0) is 6.54 Å². The highest BCUT2D eigenvalue weighted by molar-refractivity contribution is 7.09. The summed E-state index contributed by atoms with van der Waals surface area (Å²) in [7, 11) is 2.00. The molecule has 1 fully saturated rings. The van der Waals surface area contributed by atoms with E-state index in [4.69, 9.17) is 4.63 Å². The zero-order valence-electron chi connectivity index (χ0n) is 12.8. The normalized spacial score (nSPS) is 15.3. The zero-order chi connectivity index (χ0) is 15.6. The molecule has 0 saturated carbocycles. The lowest BCUT2D eigenvalue weighted by Gasteiger charge is -2.30. The van der Waals surface area contributed by atoms with Gasteiger partial charge in [0, 0.05) is 31.7 Å². The van der Waals surface area contributed by atoms with Gasteiger partial charge in [0.15, 0.2) is 11.6 Å². The van der Waals surface area contributed by atoms with Gasteiger partial charge in [-0.1, -0.05) is 0 Å². The number of thiazole rings is 1. The van der Waals surface area contributed by atoms with Gasteiger partial charge in [0.25, 0.3) is 0 Å². The molecule has 1 aliphatic heterocycles. The molecule has 3 aromatic heterocycles. The first-order valence-electron chi connectivity index (χ1n) is 7.66. The molecular weight excluding hydrogens is 314 g/mol. The number of aromatic nitrogens is 5. The molecule has 1 aliphatic rings. The third-order valence-corrected chi connectivity index (χ3v) is 4.72. The topological polar surface area (TPSA) is 84.1 Å². The van der Waals surface area contributed by atoms with Crippen molar-refractivity contribution in [1.29, 1.82) is 0 Å². The van der Waals surface area contributed by atoms with Crippen LogP contribution in [0.1, 0.15) is 24.3 Å². The maximum atomic E-state index is 4.78. The van der Waals surface area contributed by atoms with Crippen LogP contribution in [0, 0.1) is 0 Å². The largest absolute Gasteiger partial charge is 0.353 e. The van der Waals surface area contributed by atoms with Gasteiger partial charge >= 0.3 is 0 Å². The van der Waals surface area contributed by atoms with Crippen molar-refractivity contribution in [2.75, 3.05) is 29.9 Å². The van der Waals surface area contributed by atoms with Crippen LogP contribution in [0.5, 0.6) is 0 Å². The Kier molecular flexibility index (Phi) is 3.78. The Balaban J connectivity index is 1.72. The summed E-state index contributed by atoms with van der Waals surface area (Å²) in [6.07, 6.45) is 5.43. The van der Waals surface area contributed by atoms with E-state index in [1.807, 2.05) is 18.6 Å². The second-order valence-corrected chi connectivity index (χ2v) is 6.59. The van der Waals surface area contributed by atoms with E-state index in [1.165, 1.54) is 19.3 Å². The predicted octanol–water partition coefficient (Wildman–Crippen LogP) is 2.10. The van der Waals surface area contributed by atoms with Crippen LogP contribution in [0.25, 0.3) is 11.3 Å². The third-order valence-electron chi connectivity index (χ3n) is 3.95. The first-order valence-corrected chi connectivity index (χ1v) is 8.54. The zero-order valence-corrected chi connectivity index (χ0v) is 13.7. The van der Waals surface area contributed by atoms with E-state index < -0.39 is 0 Å². The second kappa shape index (κ2) is 6.07. The van der Waals surface area contributed by atoms with Crippen molar-refractivity contribution in [1.82, 2.24) is 25.3 Å². The highest BCUT2D eigenvalue weighted by Crippen LogP contribution is 2.29. The smallest absolute Gasteiger partial charge is 0.245 e. The van der Waals surface area contributed by atoms with Gasteiger partial charge in [0.1, 0.15) is 5.01 Å². The molecule has 23 heavy (non-hydrogen) atoms. The van der Waals surface area contributed by atoms with Gasteiger partial charge in [-0.25, -0.2) is 19.6 Å². The Morgan fingerprint density at radius 3 is 2.70 bits per heavy atom. The molecule has 4 heterocycles. The third kappa shape index (κ3) is 2.83. The monoisotopic (exact) mass is 331 g/mol. The van der Waals surface area contributed by atoms with Gasteiger partial charge in [-0.2, -0.15) is 0 Å². The minimum absolute atomic E-state index is 0.437. The van der Waals surface area contributed by atoms with Crippen molar-refractivity contribution < 1.29 is 4.63 Å². The minimum atomic E-state index is 0.437. The number of fused-ring (bicyclic) bond motifs is 1. The molecule has 0 aliphatic carbocycles. The molecule has 0 aromatic carbocycles. The van der Waals surface area contributed by atoms with Crippen molar-refractivity contribution in [3.8, 4) is 0 Å². The fraction of sp³-hybridized carbons (Fsp3) is 0.500. The van der Waals surface area contributed by atoms with Crippen molar-refractivity contribution in [3.63, 3.8) is 0 Å². The number of piperidine rings is 1. The summed E-state index contributed by atoms with van der Waals surface area (Å²) in [5.41, 5.74) is 0.892. The molecule has 1 saturated heterocycles. The molecule has 9 heteroatoms. The van der Waals surface area contributed by atoms with Crippen molar-refractivity contribution in [3.05, 3.63) is 16.6 Å². The Bertz CT molecular complexity index is 782. The first-order chi connectivity index (χ1) is 11.3. The van der Waals surface area contributed by atoms with Gasteiger partial charge in [-0.15, -0.1) is 11.3 Å². The Labute approximate surface area is 137 Å². The first kappa shape index (κ1) is 14.3. The van der Waals surface area contributed by atoms with Crippen LogP contribution in [-0.4, -0.2) is 45.4 Å². The molecule has 8 nitrogen and oxygen atoms in total. The lowest BCUT2D eigenvalue weighted by atomic mass is 10.1. The quantitative estimate of drug-likeness (QED) is 0.718. The standard InChI is InChI=1S/C14H17N7OS/c1-20(9-10-15-5-8-23-10)13-14(21-6-3-2-4-7-21)17-12-11(16-13)18-22-19-12/h5,8H,2-4,6-7,9H2,1H3. The molecule has 0 unspecified atom stereocenters. The van der Waals surface area contributed by atoms with E-state index >= 15 is 0 Å². The van der Waals surface area contributed by atoms with Crippen LogP contribution in [0.3, 0.4) is 0 Å². The fourth-order valence-electron chi connectivity index (χ4n) is 2.80. The molecule has 0 bridgehead atoms. The molecule has 0 radical (unpaired) electrons. The maximum Gasteiger partial charge on any atom is 0.245 e. The molecular formula is C14H17N7OS. The number of hydrogen-bond donors (Lipinski definition) is 0. The van der Waals surface area contributed by atoms with E-state index in [0.717, 1.165) is 29.7 Å². The number of anilines is 2. The van der Waals surface area contributed by atoms with Crippen LogP contribution in [0.4, 0.5) is 11.6 Å². The minimum Gasteiger partial charge on any atom is -0.353 e. The average molecular weight is 331 g/mol. The van der Waals surface area contributed by atoms with E-state index in [-0.39, 0.29) is 0 Å². The Morgan fingerprint density at radius 1 is 1.17 bits per heavy atom. The molecule has 120 valence electrons. The number of hydrogen-bond acceptors (Lipinski definition) is 9. The summed E-state index contributed by atoms with van der Waals surface area (Å²) in [5, 5.41) is 10.7. The summed E-state index contributed by atoms with van der Waals surface area (Å²) in [6, 6.07) is 0. The van der Waals surface area contributed by atoms with E-state index in [2.05, 4.69) is 35.1 Å². The van der Waals surface area contributed by atoms with Gasteiger partial charge in [0.05, 0.1) is 6.54 Å². The van der Waals surface area contributed by atoms with E-state index in [9.17, 15) is 0 Å². The molecule has 3 aromatic rings. The van der Waals surface area contributed by atoms with Crippen LogP contribution >= 0.6 is 11.3 Å². The highest BCUT2D eigenvalue weighted by Gasteiger charge is 2.22. The van der Waals surface area contributed by atoms with E-state index in [0.29, 0.717) is 17.8 Å². The van der Waals surface area contributed by atoms with E-state index in [1.54, 1.807) is 11.3 Å². The van der Waals surface area contributed by atoms with Gasteiger partial charge in [-0.3, -0.25) is 0 Å². The molecule has 4 rings (SSSR count). The summed E-state index contributed by atoms with van der Waals surface area (Å²) in [4.78, 5) is 17.9. The van der Waals surface area contributed by atoms with Gasteiger partial charge in [-0.05, 0) is 29.6 Å². The number of nitrogens with zero attached hydrogens (tertiary/aromatic N) is 7. The molecule has 0 spiro atoms. The second-order valence-electron chi connectivity index (χ2n) is 5.61. The Hall–Kier alpha value is -2.29. The van der Waals surface area contributed by atoms with Crippen molar-refractivity contribution >= 4 is 34.3 Å². The predicted molar refractivity (Wildman–Crippen MR) is 87.7 cm³/mol. The lowest BCUT2D eigenvalue weighted by molar-refractivity contribution is 0.314. The SMILES string of the molecule is CN(Cc1nccs1)c1nc2nonc2nc1N1CCCCC1. The van der Waals surface area contributed by atoms with Crippen LogP contribution < -0.4 is 9.80 Å². The average Bonchev–Trinajstić information content (AvgIpc) is 3.25. The van der Waals surface area contributed by atoms with Crippen molar-refractivity contribution in [2.45, 2.75) is 25.8 Å². The van der Waals surface area contributed by atoms with Gasteiger partial charge in [0.2, 0.25) is 11.3 Å². The fourth-order valence-corrected chi connectivity index (χ4v) is 3.47. The van der Waals surface area contributed by atoms with Gasteiger partial charge < -0.3 is 9.80 Å². The Morgan fingerprint density at radius 2 is 1.96 bits per heavy atom. The summed E-state index contributed by atoms with van der Waals surface area (Å²) >= 11 is 1.63.